The zero-order chi connectivity index (χ0) is 13.1. The van der Waals surface area contributed by atoms with Gasteiger partial charge in [-0.1, -0.05) is 11.6 Å². The maximum absolute atomic E-state index is 12.1. The lowest BCUT2D eigenvalue weighted by Crippen LogP contribution is -2.31. The van der Waals surface area contributed by atoms with Crippen molar-refractivity contribution >= 4 is 33.0 Å². The summed E-state index contributed by atoms with van der Waals surface area (Å²) in [5.74, 6) is 0. The molecule has 1 heterocycles. The maximum atomic E-state index is 12.1. The first kappa shape index (κ1) is 13.9. The number of thiophene rings is 1. The Morgan fingerprint density at radius 2 is 1.94 bits per heavy atom. The number of nitriles is 2. The van der Waals surface area contributed by atoms with Crippen molar-refractivity contribution in [3.8, 4) is 12.1 Å². The second-order valence-corrected chi connectivity index (χ2v) is 6.93. The third-order valence-electron chi connectivity index (χ3n) is 1.92. The molecule has 0 fully saturated rings. The van der Waals surface area contributed by atoms with Crippen LogP contribution in [0.3, 0.4) is 0 Å². The van der Waals surface area contributed by atoms with Gasteiger partial charge in [0.2, 0.25) is 0 Å². The molecule has 0 bridgehead atoms. The van der Waals surface area contributed by atoms with Crippen LogP contribution >= 0.6 is 22.9 Å². The van der Waals surface area contributed by atoms with Gasteiger partial charge in [-0.25, -0.2) is 8.42 Å². The minimum atomic E-state index is -3.80. The molecule has 0 unspecified atom stereocenters. The van der Waals surface area contributed by atoms with E-state index in [1.165, 1.54) is 6.07 Å². The van der Waals surface area contributed by atoms with Crippen LogP contribution in [0.2, 0.25) is 4.34 Å². The summed E-state index contributed by atoms with van der Waals surface area (Å²) in [5, 5.41) is 17.1. The van der Waals surface area contributed by atoms with E-state index in [2.05, 4.69) is 0 Å². The topological polar surface area (TPSA) is 85.0 Å². The van der Waals surface area contributed by atoms with Crippen LogP contribution in [0.4, 0.5) is 0 Å². The Kier molecular flexibility index (Phi) is 4.49. The van der Waals surface area contributed by atoms with Gasteiger partial charge in [0.05, 0.1) is 16.5 Å². The standard InChI is InChI=1S/C9H8ClN3O2S2/c1-7-6-8(16-9(7)10)17(14,15)13(4-2-11)5-3-12/h6H,4-5H2,1H3. The Morgan fingerprint density at radius 3 is 2.29 bits per heavy atom. The summed E-state index contributed by atoms with van der Waals surface area (Å²) in [6.45, 7) is 0.978. The molecule has 5 nitrogen and oxygen atoms in total. The van der Waals surface area contributed by atoms with Crippen LogP contribution in [0.15, 0.2) is 10.3 Å². The molecule has 0 spiro atoms. The first-order chi connectivity index (χ1) is 7.93. The van der Waals surface area contributed by atoms with Crippen molar-refractivity contribution in [1.82, 2.24) is 4.31 Å². The fourth-order valence-corrected chi connectivity index (χ4v) is 4.17. The lowest BCUT2D eigenvalue weighted by Gasteiger charge is -2.13. The normalized spacial score (nSPS) is 11.1. The second-order valence-electron chi connectivity index (χ2n) is 3.11. The molecular formula is C9H8ClN3O2S2. The fourth-order valence-electron chi connectivity index (χ4n) is 1.07. The SMILES string of the molecule is Cc1cc(S(=O)(=O)N(CC#N)CC#N)sc1Cl. The van der Waals surface area contributed by atoms with Crippen LogP contribution in [0.5, 0.6) is 0 Å². The molecular weight excluding hydrogens is 282 g/mol. The van der Waals surface area contributed by atoms with E-state index < -0.39 is 10.0 Å². The van der Waals surface area contributed by atoms with Crippen LogP contribution in [-0.2, 0) is 10.0 Å². The highest BCUT2D eigenvalue weighted by molar-refractivity contribution is 7.91. The molecule has 8 heteroatoms. The molecule has 0 aliphatic heterocycles. The molecule has 17 heavy (non-hydrogen) atoms. The number of sulfonamides is 1. The highest BCUT2D eigenvalue weighted by atomic mass is 35.5. The Hall–Kier alpha value is -1.12. The Bertz CT molecular complexity index is 559. The molecule has 0 aliphatic rings. The van der Waals surface area contributed by atoms with Gasteiger partial charge in [-0.2, -0.15) is 14.8 Å². The molecule has 0 saturated heterocycles. The molecule has 0 amide bonds. The number of hydrogen-bond donors (Lipinski definition) is 0. The fraction of sp³-hybridized carbons (Fsp3) is 0.333. The molecule has 0 aliphatic carbocycles. The van der Waals surface area contributed by atoms with Crippen molar-refractivity contribution in [1.29, 1.82) is 10.5 Å². The number of halogens is 1. The molecule has 1 aromatic heterocycles. The predicted molar refractivity (Wildman–Crippen MR) is 64.1 cm³/mol. The van der Waals surface area contributed by atoms with Gasteiger partial charge in [0.25, 0.3) is 10.0 Å². The number of rotatable bonds is 4. The average molecular weight is 290 g/mol. The van der Waals surface area contributed by atoms with Crippen molar-refractivity contribution in [3.63, 3.8) is 0 Å². The maximum Gasteiger partial charge on any atom is 0.254 e. The van der Waals surface area contributed by atoms with Gasteiger partial charge in [-0.05, 0) is 18.6 Å². The largest absolute Gasteiger partial charge is 0.254 e. The van der Waals surface area contributed by atoms with Crippen LogP contribution in [-0.4, -0.2) is 25.8 Å². The van der Waals surface area contributed by atoms with Crippen molar-refractivity contribution in [2.24, 2.45) is 0 Å². The van der Waals surface area contributed by atoms with E-state index in [0.717, 1.165) is 15.6 Å². The first-order valence-electron chi connectivity index (χ1n) is 4.43. The molecule has 0 saturated carbocycles. The molecule has 0 atom stereocenters. The molecule has 1 rings (SSSR count). The van der Waals surface area contributed by atoms with Crippen molar-refractivity contribution in [2.45, 2.75) is 11.1 Å². The first-order valence-corrected chi connectivity index (χ1v) is 7.07. The summed E-state index contributed by atoms with van der Waals surface area (Å²) in [6, 6.07) is 4.87. The van der Waals surface area contributed by atoms with Gasteiger partial charge in [0.1, 0.15) is 17.3 Å². The quantitative estimate of drug-likeness (QED) is 0.790. The van der Waals surface area contributed by atoms with Gasteiger partial charge in [0.15, 0.2) is 0 Å². The summed E-state index contributed by atoms with van der Waals surface area (Å²) >= 11 is 6.72. The van der Waals surface area contributed by atoms with Crippen LogP contribution in [0, 0.1) is 29.6 Å². The third-order valence-corrected chi connectivity index (χ3v) is 5.72. The highest BCUT2D eigenvalue weighted by Crippen LogP contribution is 2.31. The summed E-state index contributed by atoms with van der Waals surface area (Å²) in [5.41, 5.74) is 0.657. The number of hydrogen-bond acceptors (Lipinski definition) is 5. The summed E-state index contributed by atoms with van der Waals surface area (Å²) in [7, 11) is -3.80. The van der Waals surface area contributed by atoms with Gasteiger partial charge in [-0.3, -0.25) is 0 Å². The molecule has 90 valence electrons. The van der Waals surface area contributed by atoms with Crippen molar-refractivity contribution in [2.75, 3.05) is 13.1 Å². The Labute approximate surface area is 109 Å². The molecule has 1 aromatic rings. The minimum Gasteiger partial charge on any atom is -0.206 e. The van der Waals surface area contributed by atoms with E-state index in [9.17, 15) is 8.42 Å². The average Bonchev–Trinajstić information content (AvgIpc) is 2.59. The zero-order valence-corrected chi connectivity index (χ0v) is 11.2. The molecule has 0 aromatic carbocycles. The van der Waals surface area contributed by atoms with E-state index >= 15 is 0 Å². The van der Waals surface area contributed by atoms with E-state index in [1.807, 2.05) is 0 Å². The summed E-state index contributed by atoms with van der Waals surface area (Å²) in [4.78, 5) is 0. The van der Waals surface area contributed by atoms with Crippen LogP contribution in [0.25, 0.3) is 0 Å². The summed E-state index contributed by atoms with van der Waals surface area (Å²) in [6.07, 6.45) is 0. The lowest BCUT2D eigenvalue weighted by atomic mass is 10.4. The van der Waals surface area contributed by atoms with E-state index in [-0.39, 0.29) is 17.3 Å². The Balaban J connectivity index is 3.18. The van der Waals surface area contributed by atoms with Gasteiger partial charge in [-0.15, -0.1) is 11.3 Å². The van der Waals surface area contributed by atoms with Crippen LogP contribution in [0.1, 0.15) is 5.56 Å². The lowest BCUT2D eigenvalue weighted by molar-refractivity contribution is 0.481. The molecule has 0 N–H and O–H groups in total. The monoisotopic (exact) mass is 289 g/mol. The minimum absolute atomic E-state index is 0.0468. The van der Waals surface area contributed by atoms with Gasteiger partial charge >= 0.3 is 0 Å². The number of aryl methyl sites for hydroxylation is 1. The Morgan fingerprint density at radius 1 is 1.41 bits per heavy atom. The van der Waals surface area contributed by atoms with Gasteiger partial charge < -0.3 is 0 Å². The third kappa shape index (κ3) is 2.96. The zero-order valence-electron chi connectivity index (χ0n) is 8.84. The van der Waals surface area contributed by atoms with E-state index in [4.69, 9.17) is 22.1 Å². The predicted octanol–water partition coefficient (Wildman–Crippen LogP) is 1.75. The van der Waals surface area contributed by atoms with Crippen molar-refractivity contribution < 1.29 is 8.42 Å². The van der Waals surface area contributed by atoms with Crippen LogP contribution < -0.4 is 0 Å². The van der Waals surface area contributed by atoms with E-state index in [0.29, 0.717) is 9.90 Å². The highest BCUT2D eigenvalue weighted by Gasteiger charge is 2.26. The van der Waals surface area contributed by atoms with Crippen molar-refractivity contribution in [3.05, 3.63) is 16.0 Å². The smallest absolute Gasteiger partial charge is 0.206 e. The second kappa shape index (κ2) is 5.48. The van der Waals surface area contributed by atoms with Gasteiger partial charge in [0, 0.05) is 0 Å². The number of nitrogens with zero attached hydrogens (tertiary/aromatic N) is 3. The molecule has 0 radical (unpaired) electrons. The van der Waals surface area contributed by atoms with E-state index in [1.54, 1.807) is 19.1 Å². The summed E-state index contributed by atoms with van der Waals surface area (Å²) < 4.78 is 25.4.